The van der Waals surface area contributed by atoms with Crippen molar-refractivity contribution in [1.29, 1.82) is 0 Å². The second kappa shape index (κ2) is 8.98. The van der Waals surface area contributed by atoms with E-state index in [1.807, 2.05) is 43.3 Å². The Kier molecular flexibility index (Phi) is 6.14. The molecule has 0 aliphatic carbocycles. The van der Waals surface area contributed by atoms with Crippen LogP contribution in [0, 0.1) is 6.92 Å². The van der Waals surface area contributed by atoms with E-state index in [2.05, 4.69) is 32.0 Å². The van der Waals surface area contributed by atoms with Crippen LogP contribution in [-0.2, 0) is 16.1 Å². The van der Waals surface area contributed by atoms with Crippen molar-refractivity contribution >= 4 is 39.5 Å². The van der Waals surface area contributed by atoms with E-state index in [0.29, 0.717) is 17.1 Å². The summed E-state index contributed by atoms with van der Waals surface area (Å²) in [6.07, 6.45) is 0. The largest absolute Gasteiger partial charge is 0.460 e. The SMILES string of the molecule is Cc1cc2oc(=O)cc(COC(=O)CSc3ccc4ccccc4c3)c2cc1C(C)C. The highest BCUT2D eigenvalue weighted by Crippen LogP contribution is 2.28. The first-order valence-corrected chi connectivity index (χ1v) is 11.2. The van der Waals surface area contributed by atoms with Gasteiger partial charge in [0.2, 0.25) is 0 Å². The van der Waals surface area contributed by atoms with Crippen LogP contribution in [0.4, 0.5) is 0 Å². The summed E-state index contributed by atoms with van der Waals surface area (Å²) >= 11 is 1.44. The van der Waals surface area contributed by atoms with Crippen LogP contribution in [0.5, 0.6) is 0 Å². The van der Waals surface area contributed by atoms with Crippen LogP contribution in [0.3, 0.4) is 0 Å². The molecule has 0 spiro atoms. The van der Waals surface area contributed by atoms with Crippen molar-refractivity contribution in [2.24, 2.45) is 0 Å². The number of hydrogen-bond donors (Lipinski definition) is 0. The third-order valence-electron chi connectivity index (χ3n) is 5.31. The highest BCUT2D eigenvalue weighted by Gasteiger charge is 2.13. The van der Waals surface area contributed by atoms with Gasteiger partial charge in [-0.1, -0.05) is 44.2 Å². The minimum atomic E-state index is -0.444. The maximum Gasteiger partial charge on any atom is 0.336 e. The second-order valence-corrected chi connectivity index (χ2v) is 8.96. The summed E-state index contributed by atoms with van der Waals surface area (Å²) in [6.45, 7) is 6.29. The summed E-state index contributed by atoms with van der Waals surface area (Å²) in [6, 6.07) is 19.6. The van der Waals surface area contributed by atoms with Crippen LogP contribution < -0.4 is 5.63 Å². The lowest BCUT2D eigenvalue weighted by Gasteiger charge is -2.13. The summed E-state index contributed by atoms with van der Waals surface area (Å²) in [5.74, 6) is 0.217. The Balaban J connectivity index is 1.47. The van der Waals surface area contributed by atoms with Gasteiger partial charge in [0, 0.05) is 21.9 Å². The molecule has 4 aromatic rings. The summed E-state index contributed by atoms with van der Waals surface area (Å²) in [5, 5.41) is 3.11. The quantitative estimate of drug-likeness (QED) is 0.206. The molecule has 0 fully saturated rings. The van der Waals surface area contributed by atoms with Crippen molar-refractivity contribution in [3.63, 3.8) is 0 Å². The summed E-state index contributed by atoms with van der Waals surface area (Å²) < 4.78 is 10.9. The molecule has 158 valence electrons. The van der Waals surface area contributed by atoms with Gasteiger partial charge in [0.15, 0.2) is 0 Å². The van der Waals surface area contributed by atoms with Gasteiger partial charge in [-0.15, -0.1) is 11.8 Å². The molecule has 1 heterocycles. The first-order chi connectivity index (χ1) is 14.9. The van der Waals surface area contributed by atoms with Gasteiger partial charge in [0.1, 0.15) is 12.2 Å². The van der Waals surface area contributed by atoms with Crippen LogP contribution in [0.2, 0.25) is 0 Å². The molecule has 0 unspecified atom stereocenters. The topological polar surface area (TPSA) is 56.5 Å². The third-order valence-corrected chi connectivity index (χ3v) is 6.27. The zero-order chi connectivity index (χ0) is 22.0. The van der Waals surface area contributed by atoms with E-state index >= 15 is 0 Å². The van der Waals surface area contributed by atoms with Gasteiger partial charge in [0.25, 0.3) is 0 Å². The zero-order valence-corrected chi connectivity index (χ0v) is 18.6. The molecule has 0 aliphatic heterocycles. The number of ether oxygens (including phenoxy) is 1. The third kappa shape index (κ3) is 4.83. The Bertz CT molecular complexity index is 1320. The van der Waals surface area contributed by atoms with E-state index in [0.717, 1.165) is 21.2 Å². The minimum absolute atomic E-state index is 0.0415. The van der Waals surface area contributed by atoms with Gasteiger partial charge in [-0.25, -0.2) is 4.79 Å². The second-order valence-electron chi connectivity index (χ2n) is 7.91. The van der Waals surface area contributed by atoms with E-state index in [4.69, 9.17) is 9.15 Å². The van der Waals surface area contributed by atoms with Crippen LogP contribution in [0.15, 0.2) is 74.8 Å². The minimum Gasteiger partial charge on any atom is -0.460 e. The number of aryl methyl sites for hydroxylation is 1. The van der Waals surface area contributed by atoms with E-state index in [1.165, 1.54) is 28.8 Å². The van der Waals surface area contributed by atoms with Crippen molar-refractivity contribution in [2.45, 2.75) is 38.2 Å². The molecule has 4 rings (SSSR count). The lowest BCUT2D eigenvalue weighted by Crippen LogP contribution is -2.09. The van der Waals surface area contributed by atoms with Crippen molar-refractivity contribution in [2.75, 3.05) is 5.75 Å². The lowest BCUT2D eigenvalue weighted by molar-refractivity contribution is -0.141. The van der Waals surface area contributed by atoms with Crippen molar-refractivity contribution in [1.82, 2.24) is 0 Å². The fraction of sp³-hybridized carbons (Fsp3) is 0.231. The van der Waals surface area contributed by atoms with Gasteiger partial charge in [0.05, 0.1) is 5.75 Å². The fourth-order valence-corrected chi connectivity index (χ4v) is 4.47. The number of thioether (sulfide) groups is 1. The monoisotopic (exact) mass is 432 g/mol. The molecule has 0 amide bonds. The smallest absolute Gasteiger partial charge is 0.336 e. The Morgan fingerprint density at radius 2 is 1.81 bits per heavy atom. The van der Waals surface area contributed by atoms with Gasteiger partial charge >= 0.3 is 11.6 Å². The van der Waals surface area contributed by atoms with Crippen LogP contribution in [0.25, 0.3) is 21.7 Å². The average Bonchev–Trinajstić information content (AvgIpc) is 2.75. The Morgan fingerprint density at radius 3 is 2.58 bits per heavy atom. The van der Waals surface area contributed by atoms with Crippen LogP contribution in [0.1, 0.15) is 36.5 Å². The summed E-state index contributed by atoms with van der Waals surface area (Å²) in [4.78, 5) is 25.4. The summed E-state index contributed by atoms with van der Waals surface area (Å²) in [7, 11) is 0. The molecule has 0 atom stereocenters. The highest BCUT2D eigenvalue weighted by molar-refractivity contribution is 8.00. The van der Waals surface area contributed by atoms with E-state index < -0.39 is 5.63 Å². The maximum absolute atomic E-state index is 12.4. The number of fused-ring (bicyclic) bond motifs is 2. The predicted molar refractivity (Wildman–Crippen MR) is 126 cm³/mol. The Labute approximate surface area is 185 Å². The van der Waals surface area contributed by atoms with E-state index in [1.54, 1.807) is 0 Å². The number of benzene rings is 3. The predicted octanol–water partition coefficient (Wildman–Crippen LogP) is 6.21. The molecule has 4 nitrogen and oxygen atoms in total. The summed E-state index contributed by atoms with van der Waals surface area (Å²) in [5.41, 5.74) is 3.00. The van der Waals surface area contributed by atoms with Gasteiger partial charge in [-0.2, -0.15) is 0 Å². The number of hydrogen-bond acceptors (Lipinski definition) is 5. The molecule has 0 saturated carbocycles. The molecule has 0 saturated heterocycles. The van der Waals surface area contributed by atoms with Gasteiger partial charge in [-0.05, 0) is 59.0 Å². The molecule has 5 heteroatoms. The van der Waals surface area contributed by atoms with E-state index in [-0.39, 0.29) is 18.3 Å². The molecular formula is C26H24O4S. The lowest BCUT2D eigenvalue weighted by atomic mass is 9.95. The van der Waals surface area contributed by atoms with Crippen molar-refractivity contribution in [3.8, 4) is 0 Å². The Hall–Kier alpha value is -3.05. The van der Waals surface area contributed by atoms with Crippen LogP contribution >= 0.6 is 11.8 Å². The zero-order valence-electron chi connectivity index (χ0n) is 17.8. The molecule has 0 bridgehead atoms. The Morgan fingerprint density at radius 1 is 1.03 bits per heavy atom. The van der Waals surface area contributed by atoms with Crippen LogP contribution in [-0.4, -0.2) is 11.7 Å². The highest BCUT2D eigenvalue weighted by atomic mass is 32.2. The van der Waals surface area contributed by atoms with Gasteiger partial charge < -0.3 is 9.15 Å². The number of carbonyl (C=O) groups is 1. The van der Waals surface area contributed by atoms with Gasteiger partial charge in [-0.3, -0.25) is 4.79 Å². The molecular weight excluding hydrogens is 408 g/mol. The molecule has 0 radical (unpaired) electrons. The fourth-order valence-electron chi connectivity index (χ4n) is 3.73. The molecule has 31 heavy (non-hydrogen) atoms. The standard InChI is InChI=1S/C26H24O4S/c1-16(2)22-13-23-20(12-25(27)30-24(23)10-17(22)3)14-29-26(28)15-31-21-9-8-18-6-4-5-7-19(18)11-21/h4-13,16H,14-15H2,1-3H3. The molecule has 0 N–H and O–H groups in total. The van der Waals surface area contributed by atoms with E-state index in [9.17, 15) is 9.59 Å². The van der Waals surface area contributed by atoms with Crippen molar-refractivity contribution < 1.29 is 13.9 Å². The first kappa shape index (κ1) is 21.2. The molecule has 3 aromatic carbocycles. The first-order valence-electron chi connectivity index (χ1n) is 10.3. The number of rotatable bonds is 6. The molecule has 1 aromatic heterocycles. The average molecular weight is 433 g/mol. The number of esters is 1. The number of carbonyl (C=O) groups excluding carboxylic acids is 1. The normalized spacial score (nSPS) is 11.4. The molecule has 0 aliphatic rings. The maximum atomic E-state index is 12.4. The van der Waals surface area contributed by atoms with Crippen molar-refractivity contribution in [3.05, 3.63) is 87.8 Å².